The molecule has 0 aliphatic carbocycles. The molecule has 0 fully saturated rings. The molecule has 4 rings (SSSR count). The standard InChI is InChI=1S/C26H27N3O4S/c1-16-18-12-8-9-13-19(18)29(25(32)33-26(2,3)4)22(16)23(31)28-24-27-21(20(34-24)14-15-30)17-10-6-5-7-11-17/h5-13,30H,14-15H2,1-4H3,(H,27,28,31). The lowest BCUT2D eigenvalue weighted by Crippen LogP contribution is -2.30. The van der Waals surface area contributed by atoms with Gasteiger partial charge in [-0.3, -0.25) is 10.1 Å². The number of nitrogens with one attached hydrogen (secondary N) is 1. The van der Waals surface area contributed by atoms with Gasteiger partial charge in [-0.05, 0) is 39.3 Å². The Bertz CT molecular complexity index is 1350. The Morgan fingerprint density at radius 3 is 2.44 bits per heavy atom. The minimum Gasteiger partial charge on any atom is -0.443 e. The monoisotopic (exact) mass is 477 g/mol. The normalized spacial score (nSPS) is 11.6. The van der Waals surface area contributed by atoms with Gasteiger partial charge in [-0.25, -0.2) is 14.3 Å². The molecule has 7 nitrogen and oxygen atoms in total. The molecule has 0 aliphatic heterocycles. The molecule has 0 aliphatic rings. The van der Waals surface area contributed by atoms with Crippen molar-refractivity contribution in [2.45, 2.75) is 39.7 Å². The van der Waals surface area contributed by atoms with Gasteiger partial charge in [0.15, 0.2) is 5.13 Å². The van der Waals surface area contributed by atoms with E-state index in [-0.39, 0.29) is 12.3 Å². The van der Waals surface area contributed by atoms with Crippen molar-refractivity contribution in [3.8, 4) is 11.3 Å². The van der Waals surface area contributed by atoms with Crippen LogP contribution in [-0.4, -0.2) is 38.9 Å². The second kappa shape index (κ2) is 9.40. The number of hydrogen-bond donors (Lipinski definition) is 2. The summed E-state index contributed by atoms with van der Waals surface area (Å²) in [6, 6.07) is 17.0. The zero-order valence-electron chi connectivity index (χ0n) is 19.6. The van der Waals surface area contributed by atoms with Gasteiger partial charge >= 0.3 is 6.09 Å². The first-order valence-corrected chi connectivity index (χ1v) is 11.8. The molecule has 0 atom stereocenters. The smallest absolute Gasteiger partial charge is 0.419 e. The van der Waals surface area contributed by atoms with E-state index >= 15 is 0 Å². The maximum atomic E-state index is 13.5. The first-order chi connectivity index (χ1) is 16.2. The number of nitrogens with zero attached hydrogens (tertiary/aromatic N) is 2. The summed E-state index contributed by atoms with van der Waals surface area (Å²) in [6.45, 7) is 7.14. The second-order valence-corrected chi connectivity index (χ2v) is 9.97. The highest BCUT2D eigenvalue weighted by Gasteiger charge is 2.28. The lowest BCUT2D eigenvalue weighted by Gasteiger charge is -2.20. The minimum atomic E-state index is -0.719. The van der Waals surface area contributed by atoms with Gasteiger partial charge in [0, 0.05) is 28.9 Å². The molecule has 176 valence electrons. The molecule has 2 aromatic heterocycles. The molecule has 4 aromatic rings. The summed E-state index contributed by atoms with van der Waals surface area (Å²) in [5, 5.41) is 13.6. The molecular formula is C26H27N3O4S. The van der Waals surface area contributed by atoms with E-state index in [4.69, 9.17) is 4.74 Å². The Morgan fingerprint density at radius 1 is 1.09 bits per heavy atom. The number of ether oxygens (including phenoxy) is 1. The van der Waals surface area contributed by atoms with Crippen LogP contribution in [0.4, 0.5) is 9.93 Å². The van der Waals surface area contributed by atoms with Crippen LogP contribution in [0.1, 0.15) is 41.7 Å². The fourth-order valence-corrected chi connectivity index (χ4v) is 4.79. The first-order valence-electron chi connectivity index (χ1n) is 11.0. The van der Waals surface area contributed by atoms with Gasteiger partial charge in [-0.1, -0.05) is 48.5 Å². The van der Waals surface area contributed by atoms with Crippen molar-refractivity contribution < 1.29 is 19.4 Å². The summed E-state index contributed by atoms with van der Waals surface area (Å²) in [5.74, 6) is -0.455. The lowest BCUT2D eigenvalue weighted by molar-refractivity contribution is 0.0536. The van der Waals surface area contributed by atoms with Crippen molar-refractivity contribution >= 4 is 39.4 Å². The van der Waals surface area contributed by atoms with Crippen LogP contribution >= 0.6 is 11.3 Å². The molecule has 0 bridgehead atoms. The van der Waals surface area contributed by atoms with Crippen LogP contribution in [0.3, 0.4) is 0 Å². The van der Waals surface area contributed by atoms with E-state index in [0.717, 1.165) is 21.5 Å². The summed E-state index contributed by atoms with van der Waals surface area (Å²) >= 11 is 1.31. The average molecular weight is 478 g/mol. The molecule has 0 saturated carbocycles. The largest absolute Gasteiger partial charge is 0.443 e. The van der Waals surface area contributed by atoms with Gasteiger partial charge in [-0.2, -0.15) is 0 Å². The highest BCUT2D eigenvalue weighted by molar-refractivity contribution is 7.16. The maximum Gasteiger partial charge on any atom is 0.419 e. The molecule has 0 unspecified atom stereocenters. The number of fused-ring (bicyclic) bond motifs is 1. The van der Waals surface area contributed by atoms with Gasteiger partial charge < -0.3 is 9.84 Å². The number of carbonyl (C=O) groups excluding carboxylic acids is 2. The number of benzene rings is 2. The van der Waals surface area contributed by atoms with Gasteiger partial charge in [0.1, 0.15) is 11.3 Å². The summed E-state index contributed by atoms with van der Waals surface area (Å²) < 4.78 is 6.93. The van der Waals surface area contributed by atoms with E-state index in [9.17, 15) is 14.7 Å². The van der Waals surface area contributed by atoms with E-state index in [2.05, 4.69) is 10.3 Å². The van der Waals surface area contributed by atoms with E-state index in [1.165, 1.54) is 15.9 Å². The van der Waals surface area contributed by atoms with Crippen molar-refractivity contribution in [2.24, 2.45) is 0 Å². The molecule has 0 saturated heterocycles. The number of para-hydroxylation sites is 1. The number of thiazole rings is 1. The zero-order chi connectivity index (χ0) is 24.5. The third kappa shape index (κ3) is 4.73. The maximum absolute atomic E-state index is 13.5. The van der Waals surface area contributed by atoms with Crippen LogP contribution < -0.4 is 5.32 Å². The summed E-state index contributed by atoms with van der Waals surface area (Å²) in [6.07, 6.45) is -0.193. The Labute approximate surface area is 202 Å². The molecule has 0 radical (unpaired) electrons. The van der Waals surface area contributed by atoms with Crippen LogP contribution in [0.25, 0.3) is 22.2 Å². The summed E-state index contributed by atoms with van der Waals surface area (Å²) in [5.41, 5.74) is 2.39. The molecule has 34 heavy (non-hydrogen) atoms. The third-order valence-corrected chi connectivity index (χ3v) is 6.25. The quantitative estimate of drug-likeness (QED) is 0.388. The number of aliphatic hydroxyl groups is 1. The van der Waals surface area contributed by atoms with E-state index in [1.807, 2.05) is 55.5 Å². The first kappa shape index (κ1) is 23.7. The zero-order valence-corrected chi connectivity index (χ0v) is 20.4. The van der Waals surface area contributed by atoms with Crippen LogP contribution in [0, 0.1) is 6.92 Å². The minimum absolute atomic E-state index is 0.0264. The molecule has 1 amide bonds. The number of aliphatic hydroxyl groups excluding tert-OH is 1. The van der Waals surface area contributed by atoms with E-state index < -0.39 is 17.6 Å². The van der Waals surface area contributed by atoms with Crippen molar-refractivity contribution in [3.63, 3.8) is 0 Å². The van der Waals surface area contributed by atoms with Gasteiger partial charge in [0.05, 0.1) is 11.2 Å². The summed E-state index contributed by atoms with van der Waals surface area (Å²) in [4.78, 5) is 32.1. The fourth-order valence-electron chi connectivity index (χ4n) is 3.82. The number of carbonyl (C=O) groups is 2. The molecule has 0 spiro atoms. The second-order valence-electron chi connectivity index (χ2n) is 8.89. The molecule has 2 heterocycles. The topological polar surface area (TPSA) is 93.5 Å². The number of rotatable bonds is 5. The number of aryl methyl sites for hydroxylation is 1. The number of hydrogen-bond acceptors (Lipinski definition) is 6. The molecular weight excluding hydrogens is 450 g/mol. The van der Waals surface area contributed by atoms with Crippen LogP contribution in [0.15, 0.2) is 54.6 Å². The van der Waals surface area contributed by atoms with Crippen molar-refractivity contribution in [2.75, 3.05) is 11.9 Å². The molecule has 2 aromatic carbocycles. The number of amides is 1. The SMILES string of the molecule is Cc1c(C(=O)Nc2nc(-c3ccccc3)c(CCO)s2)n(C(=O)OC(C)(C)C)c2ccccc12. The number of anilines is 1. The predicted molar refractivity (Wildman–Crippen MR) is 135 cm³/mol. The summed E-state index contributed by atoms with van der Waals surface area (Å²) in [7, 11) is 0. The van der Waals surface area contributed by atoms with Crippen LogP contribution in [0.2, 0.25) is 0 Å². The molecule has 2 N–H and O–H groups in total. The van der Waals surface area contributed by atoms with Crippen molar-refractivity contribution in [1.29, 1.82) is 0 Å². The predicted octanol–water partition coefficient (Wildman–Crippen LogP) is 5.64. The highest BCUT2D eigenvalue weighted by Crippen LogP contribution is 2.33. The highest BCUT2D eigenvalue weighted by atomic mass is 32.1. The Morgan fingerprint density at radius 2 is 1.76 bits per heavy atom. The number of aromatic nitrogens is 2. The Hall–Kier alpha value is -3.49. The third-order valence-electron chi connectivity index (χ3n) is 5.22. The lowest BCUT2D eigenvalue weighted by atomic mass is 10.1. The average Bonchev–Trinajstić information content (AvgIpc) is 3.32. The van der Waals surface area contributed by atoms with Crippen LogP contribution in [0.5, 0.6) is 0 Å². The Kier molecular flexibility index (Phi) is 6.54. The van der Waals surface area contributed by atoms with Gasteiger partial charge in [0.2, 0.25) is 0 Å². The fraction of sp³-hybridized carbons (Fsp3) is 0.269. The van der Waals surface area contributed by atoms with Crippen LogP contribution in [-0.2, 0) is 11.2 Å². The van der Waals surface area contributed by atoms with Gasteiger partial charge in [0.25, 0.3) is 5.91 Å². The van der Waals surface area contributed by atoms with E-state index in [1.54, 1.807) is 26.8 Å². The molecule has 8 heteroatoms. The van der Waals surface area contributed by atoms with Crippen molar-refractivity contribution in [3.05, 3.63) is 70.7 Å². The van der Waals surface area contributed by atoms with Gasteiger partial charge in [-0.15, -0.1) is 11.3 Å². The Balaban J connectivity index is 1.75. The van der Waals surface area contributed by atoms with E-state index in [0.29, 0.717) is 22.6 Å². The van der Waals surface area contributed by atoms with Crippen molar-refractivity contribution in [1.82, 2.24) is 9.55 Å².